The first-order valence-corrected chi connectivity index (χ1v) is 10.5. The Morgan fingerprint density at radius 3 is 1.48 bits per heavy atom. The molecule has 0 amide bonds. The maximum atomic E-state index is 5.91. The molecule has 1 aliphatic rings. The van der Waals surface area contributed by atoms with Gasteiger partial charge in [0.15, 0.2) is 0 Å². The lowest BCUT2D eigenvalue weighted by Gasteiger charge is -2.33. The molecule has 29 heavy (non-hydrogen) atoms. The number of hydrogen-bond donors (Lipinski definition) is 0. The van der Waals surface area contributed by atoms with Crippen LogP contribution < -0.4 is 0 Å². The van der Waals surface area contributed by atoms with Gasteiger partial charge in [0.2, 0.25) is 0 Å². The zero-order valence-electron chi connectivity index (χ0n) is 18.3. The summed E-state index contributed by atoms with van der Waals surface area (Å²) in [4.78, 5) is 0. The van der Waals surface area contributed by atoms with Crippen molar-refractivity contribution in [2.75, 3.05) is 53.9 Å². The Morgan fingerprint density at radius 1 is 0.621 bits per heavy atom. The molecule has 0 saturated carbocycles. The van der Waals surface area contributed by atoms with Crippen LogP contribution in [-0.4, -0.2) is 53.9 Å². The van der Waals surface area contributed by atoms with E-state index >= 15 is 0 Å². The van der Waals surface area contributed by atoms with E-state index in [-0.39, 0.29) is 5.41 Å². The maximum Gasteiger partial charge on any atom is 0.0700 e. The minimum atomic E-state index is -0.0944. The molecule has 0 N–H and O–H groups in total. The molecule has 0 saturated heterocycles. The van der Waals surface area contributed by atoms with Crippen molar-refractivity contribution in [2.45, 2.75) is 32.1 Å². The second-order valence-electron chi connectivity index (χ2n) is 7.89. The van der Waals surface area contributed by atoms with Crippen LogP contribution in [-0.2, 0) is 24.4 Å². The predicted octanol–water partition coefficient (Wildman–Crippen LogP) is 4.68. The third-order valence-electron chi connectivity index (χ3n) is 5.88. The Balaban J connectivity index is 1.93. The zero-order chi connectivity index (χ0) is 20.7. The Kier molecular flexibility index (Phi) is 7.84. The molecular weight excluding hydrogens is 364 g/mol. The van der Waals surface area contributed by atoms with E-state index in [1.807, 2.05) is 0 Å². The molecule has 0 unspecified atom stereocenters. The van der Waals surface area contributed by atoms with Crippen LogP contribution in [0.4, 0.5) is 0 Å². The quantitative estimate of drug-likeness (QED) is 0.487. The summed E-state index contributed by atoms with van der Waals surface area (Å²) in [5, 5.41) is 0. The van der Waals surface area contributed by atoms with Crippen LogP contribution in [0.5, 0.6) is 0 Å². The van der Waals surface area contributed by atoms with Gasteiger partial charge >= 0.3 is 0 Å². The number of rotatable bonds is 12. The predicted molar refractivity (Wildman–Crippen MR) is 117 cm³/mol. The van der Waals surface area contributed by atoms with Crippen molar-refractivity contribution in [3.63, 3.8) is 0 Å². The first-order valence-electron chi connectivity index (χ1n) is 10.5. The zero-order valence-corrected chi connectivity index (χ0v) is 18.3. The van der Waals surface area contributed by atoms with Gasteiger partial charge in [-0.3, -0.25) is 0 Å². The lowest BCUT2D eigenvalue weighted by Crippen LogP contribution is -2.30. The molecule has 0 aromatic heterocycles. The van der Waals surface area contributed by atoms with Gasteiger partial charge in [-0.15, -0.1) is 0 Å². The Morgan fingerprint density at radius 2 is 1.07 bits per heavy atom. The highest BCUT2D eigenvalue weighted by Crippen LogP contribution is 2.53. The Labute approximate surface area is 175 Å². The summed E-state index contributed by atoms with van der Waals surface area (Å²) in [7, 11) is 3.41. The van der Waals surface area contributed by atoms with Crippen molar-refractivity contribution in [3.05, 3.63) is 58.7 Å². The monoisotopic (exact) mass is 398 g/mol. The van der Waals surface area contributed by atoms with E-state index in [0.29, 0.717) is 39.6 Å². The smallest absolute Gasteiger partial charge is 0.0700 e. The van der Waals surface area contributed by atoms with Crippen LogP contribution in [0.3, 0.4) is 0 Å². The minimum Gasteiger partial charge on any atom is -0.382 e. The van der Waals surface area contributed by atoms with Crippen LogP contribution in [0, 0.1) is 13.8 Å². The summed E-state index contributed by atoms with van der Waals surface area (Å²) in [6, 6.07) is 13.7. The summed E-state index contributed by atoms with van der Waals surface area (Å²) in [6.45, 7) is 8.23. The van der Waals surface area contributed by atoms with Gasteiger partial charge in [-0.1, -0.05) is 47.5 Å². The molecule has 3 rings (SSSR count). The third-order valence-corrected chi connectivity index (χ3v) is 5.88. The second-order valence-corrected chi connectivity index (χ2v) is 7.89. The molecule has 0 atom stereocenters. The fourth-order valence-corrected chi connectivity index (χ4v) is 4.37. The van der Waals surface area contributed by atoms with E-state index < -0.39 is 0 Å². The molecule has 4 nitrogen and oxygen atoms in total. The van der Waals surface area contributed by atoms with Crippen LogP contribution >= 0.6 is 0 Å². The number of fused-ring (bicyclic) bond motifs is 3. The van der Waals surface area contributed by atoms with Crippen LogP contribution in [0.15, 0.2) is 36.4 Å². The third kappa shape index (κ3) is 4.89. The fourth-order valence-electron chi connectivity index (χ4n) is 4.37. The summed E-state index contributed by atoms with van der Waals surface area (Å²) in [5.74, 6) is 0. The largest absolute Gasteiger partial charge is 0.382 e. The fraction of sp³-hybridized carbons (Fsp3) is 0.520. The van der Waals surface area contributed by atoms with Gasteiger partial charge in [-0.2, -0.15) is 0 Å². The number of hydrogen-bond acceptors (Lipinski definition) is 4. The van der Waals surface area contributed by atoms with E-state index in [0.717, 1.165) is 12.8 Å². The summed E-state index contributed by atoms with van der Waals surface area (Å²) >= 11 is 0. The molecule has 0 spiro atoms. The Bertz CT molecular complexity index is 732. The topological polar surface area (TPSA) is 36.9 Å². The number of aryl methyl sites for hydroxylation is 2. The molecule has 2 aromatic carbocycles. The van der Waals surface area contributed by atoms with Gasteiger partial charge in [0.25, 0.3) is 0 Å². The van der Waals surface area contributed by atoms with Crippen molar-refractivity contribution < 1.29 is 18.9 Å². The normalized spacial score (nSPS) is 14.1. The highest BCUT2D eigenvalue weighted by Gasteiger charge is 2.42. The van der Waals surface area contributed by atoms with Crippen molar-refractivity contribution in [1.82, 2.24) is 0 Å². The molecule has 4 heteroatoms. The van der Waals surface area contributed by atoms with E-state index in [4.69, 9.17) is 18.9 Å². The molecule has 0 aliphatic heterocycles. The number of benzene rings is 2. The van der Waals surface area contributed by atoms with Gasteiger partial charge in [0.1, 0.15) is 0 Å². The van der Waals surface area contributed by atoms with E-state index in [1.165, 1.54) is 33.4 Å². The molecule has 0 fully saturated rings. The average molecular weight is 399 g/mol. The van der Waals surface area contributed by atoms with Gasteiger partial charge < -0.3 is 18.9 Å². The van der Waals surface area contributed by atoms with Crippen LogP contribution in [0.1, 0.15) is 35.1 Å². The lowest BCUT2D eigenvalue weighted by atomic mass is 9.72. The summed E-state index contributed by atoms with van der Waals surface area (Å²) in [5.41, 5.74) is 7.99. The molecule has 0 radical (unpaired) electrons. The summed E-state index contributed by atoms with van der Waals surface area (Å²) in [6.07, 6.45) is 1.86. The number of ether oxygens (including phenoxy) is 4. The molecule has 2 aromatic rings. The molecule has 158 valence electrons. The molecule has 0 heterocycles. The highest BCUT2D eigenvalue weighted by molar-refractivity contribution is 5.81. The van der Waals surface area contributed by atoms with Gasteiger partial charge in [-0.05, 0) is 48.9 Å². The van der Waals surface area contributed by atoms with E-state index in [9.17, 15) is 0 Å². The van der Waals surface area contributed by atoms with Gasteiger partial charge in [-0.25, -0.2) is 0 Å². The second kappa shape index (κ2) is 10.4. The molecule has 1 aliphatic carbocycles. The highest BCUT2D eigenvalue weighted by atomic mass is 16.5. The van der Waals surface area contributed by atoms with Gasteiger partial charge in [0.05, 0.1) is 26.4 Å². The van der Waals surface area contributed by atoms with Crippen molar-refractivity contribution >= 4 is 0 Å². The standard InChI is InChI=1S/C25H34O4/c1-19-5-7-21-22-8-6-20(2)18-24(22)25(23(21)17-19,9-11-28-15-13-26-3)10-12-29-16-14-27-4/h5-8,17-18H,9-16H2,1-4H3. The first kappa shape index (κ1) is 22.0. The SMILES string of the molecule is COCCOCCC1(CCOCCOC)c2cc(C)ccc2-c2ccc(C)cc21. The maximum absolute atomic E-state index is 5.91. The van der Waals surface area contributed by atoms with Crippen molar-refractivity contribution in [3.8, 4) is 11.1 Å². The number of methoxy groups -OCH3 is 2. The lowest BCUT2D eigenvalue weighted by molar-refractivity contribution is 0.0490. The van der Waals surface area contributed by atoms with Gasteiger partial charge in [0, 0.05) is 32.8 Å². The van der Waals surface area contributed by atoms with Crippen LogP contribution in [0.2, 0.25) is 0 Å². The Hall–Kier alpha value is -1.72. The molecule has 0 bridgehead atoms. The van der Waals surface area contributed by atoms with Crippen molar-refractivity contribution in [2.24, 2.45) is 0 Å². The minimum absolute atomic E-state index is 0.0944. The first-order chi connectivity index (χ1) is 14.1. The van der Waals surface area contributed by atoms with Crippen molar-refractivity contribution in [1.29, 1.82) is 0 Å². The van der Waals surface area contributed by atoms with E-state index in [1.54, 1.807) is 14.2 Å². The summed E-state index contributed by atoms with van der Waals surface area (Å²) < 4.78 is 22.1. The molecular formula is C25H34O4. The van der Waals surface area contributed by atoms with E-state index in [2.05, 4.69) is 50.2 Å². The van der Waals surface area contributed by atoms with Crippen LogP contribution in [0.25, 0.3) is 11.1 Å². The average Bonchev–Trinajstić information content (AvgIpc) is 2.96.